The molecule has 4 unspecified atom stereocenters. The van der Waals surface area contributed by atoms with Crippen LogP contribution in [0.2, 0.25) is 0 Å². The SMILES string of the molecule is O=C(CC1CSCCN1)NC1C2Cc3ccccc3C21. The van der Waals surface area contributed by atoms with E-state index in [4.69, 9.17) is 0 Å². The minimum absolute atomic E-state index is 0.224. The van der Waals surface area contributed by atoms with Crippen molar-refractivity contribution in [3.63, 3.8) is 0 Å². The second-order valence-corrected chi connectivity index (χ2v) is 7.27. The highest BCUT2D eigenvalue weighted by Crippen LogP contribution is 2.56. The molecular weight excluding hydrogens is 268 g/mol. The Morgan fingerprint density at radius 1 is 1.40 bits per heavy atom. The first-order valence-electron chi connectivity index (χ1n) is 7.51. The van der Waals surface area contributed by atoms with Gasteiger partial charge in [-0.3, -0.25) is 4.79 Å². The van der Waals surface area contributed by atoms with Crippen LogP contribution >= 0.6 is 11.8 Å². The summed E-state index contributed by atoms with van der Waals surface area (Å²) >= 11 is 1.94. The van der Waals surface area contributed by atoms with Gasteiger partial charge in [0.05, 0.1) is 0 Å². The number of hydrogen-bond acceptors (Lipinski definition) is 3. The predicted molar refractivity (Wildman–Crippen MR) is 82.0 cm³/mol. The van der Waals surface area contributed by atoms with Crippen molar-refractivity contribution in [2.75, 3.05) is 18.1 Å². The van der Waals surface area contributed by atoms with Crippen molar-refractivity contribution in [3.8, 4) is 0 Å². The Hall–Kier alpha value is -1.00. The molecule has 0 spiro atoms. The Morgan fingerprint density at radius 2 is 2.30 bits per heavy atom. The van der Waals surface area contributed by atoms with Crippen LogP contribution in [0.5, 0.6) is 0 Å². The third-order valence-electron chi connectivity index (χ3n) is 4.80. The van der Waals surface area contributed by atoms with Crippen LogP contribution in [0.3, 0.4) is 0 Å². The number of carbonyl (C=O) groups is 1. The van der Waals surface area contributed by atoms with E-state index in [0.29, 0.717) is 30.3 Å². The Labute approximate surface area is 123 Å². The summed E-state index contributed by atoms with van der Waals surface area (Å²) in [6, 6.07) is 9.44. The van der Waals surface area contributed by atoms with E-state index in [0.717, 1.165) is 18.7 Å². The van der Waals surface area contributed by atoms with E-state index < -0.39 is 0 Å². The molecule has 4 atom stereocenters. The number of fused-ring (bicyclic) bond motifs is 3. The van der Waals surface area contributed by atoms with E-state index in [1.165, 1.54) is 16.9 Å². The largest absolute Gasteiger partial charge is 0.352 e. The van der Waals surface area contributed by atoms with Gasteiger partial charge in [-0.05, 0) is 23.5 Å². The first-order chi connectivity index (χ1) is 9.83. The molecule has 0 aromatic heterocycles. The summed E-state index contributed by atoms with van der Waals surface area (Å²) in [5.41, 5.74) is 2.95. The lowest BCUT2D eigenvalue weighted by Crippen LogP contribution is -2.42. The third kappa shape index (κ3) is 2.25. The Morgan fingerprint density at radius 3 is 3.15 bits per heavy atom. The number of thioether (sulfide) groups is 1. The minimum atomic E-state index is 0.224. The molecule has 20 heavy (non-hydrogen) atoms. The Kier molecular flexibility index (Phi) is 3.23. The third-order valence-corrected chi connectivity index (χ3v) is 5.93. The summed E-state index contributed by atoms with van der Waals surface area (Å²) in [4.78, 5) is 12.1. The normalized spacial score (nSPS) is 34.2. The molecule has 1 saturated carbocycles. The van der Waals surface area contributed by atoms with Gasteiger partial charge in [-0.2, -0.15) is 11.8 Å². The average molecular weight is 288 g/mol. The fourth-order valence-electron chi connectivity index (χ4n) is 3.77. The van der Waals surface area contributed by atoms with Crippen molar-refractivity contribution < 1.29 is 4.79 Å². The zero-order valence-electron chi connectivity index (χ0n) is 11.5. The second kappa shape index (κ2) is 5.08. The molecule has 1 aliphatic heterocycles. The zero-order chi connectivity index (χ0) is 13.5. The van der Waals surface area contributed by atoms with E-state index in [1.807, 2.05) is 11.8 Å². The van der Waals surface area contributed by atoms with Crippen LogP contribution in [0.1, 0.15) is 23.5 Å². The van der Waals surface area contributed by atoms with Gasteiger partial charge in [0.15, 0.2) is 0 Å². The predicted octanol–water partition coefficient (Wildman–Crippen LogP) is 1.54. The molecule has 106 valence electrons. The van der Waals surface area contributed by atoms with Gasteiger partial charge in [0, 0.05) is 42.5 Å². The highest BCUT2D eigenvalue weighted by atomic mass is 32.2. The standard InChI is InChI=1S/C16H20N2OS/c19-14(8-11-9-20-6-5-17-11)18-16-13-7-10-3-1-2-4-12(10)15(13)16/h1-4,11,13,15-17H,5-9H2,(H,18,19). The van der Waals surface area contributed by atoms with E-state index in [2.05, 4.69) is 34.9 Å². The van der Waals surface area contributed by atoms with Crippen molar-refractivity contribution in [2.24, 2.45) is 5.92 Å². The number of amides is 1. The zero-order valence-corrected chi connectivity index (χ0v) is 12.3. The molecule has 4 heteroatoms. The maximum atomic E-state index is 12.1. The first-order valence-corrected chi connectivity index (χ1v) is 8.66. The topological polar surface area (TPSA) is 41.1 Å². The first kappa shape index (κ1) is 12.7. The molecule has 1 saturated heterocycles. The van der Waals surface area contributed by atoms with Crippen molar-refractivity contribution >= 4 is 17.7 Å². The van der Waals surface area contributed by atoms with Crippen molar-refractivity contribution in [3.05, 3.63) is 35.4 Å². The number of benzene rings is 1. The highest BCUT2D eigenvalue weighted by molar-refractivity contribution is 7.99. The highest BCUT2D eigenvalue weighted by Gasteiger charge is 2.56. The summed E-state index contributed by atoms with van der Waals surface area (Å²) in [5.74, 6) is 3.70. The summed E-state index contributed by atoms with van der Waals surface area (Å²) in [5, 5.41) is 6.68. The average Bonchev–Trinajstić information content (AvgIpc) is 2.97. The van der Waals surface area contributed by atoms with Gasteiger partial charge in [0.2, 0.25) is 5.91 Å². The lowest BCUT2D eigenvalue weighted by molar-refractivity contribution is -0.121. The quantitative estimate of drug-likeness (QED) is 0.886. The van der Waals surface area contributed by atoms with Crippen LogP contribution < -0.4 is 10.6 Å². The maximum absolute atomic E-state index is 12.1. The Bertz CT molecular complexity index is 527. The summed E-state index contributed by atoms with van der Waals surface area (Å²) in [6.07, 6.45) is 1.77. The van der Waals surface area contributed by atoms with Crippen LogP contribution in [0.25, 0.3) is 0 Å². The van der Waals surface area contributed by atoms with Gasteiger partial charge in [0.1, 0.15) is 0 Å². The fourth-order valence-corrected chi connectivity index (χ4v) is 4.72. The maximum Gasteiger partial charge on any atom is 0.221 e. The molecule has 0 bridgehead atoms. The fraction of sp³-hybridized carbons (Fsp3) is 0.562. The van der Waals surface area contributed by atoms with Crippen LogP contribution in [0, 0.1) is 5.92 Å². The lowest BCUT2D eigenvalue weighted by Gasteiger charge is -2.22. The van der Waals surface area contributed by atoms with Crippen LogP contribution in [-0.4, -0.2) is 36.0 Å². The van der Waals surface area contributed by atoms with Gasteiger partial charge in [-0.1, -0.05) is 24.3 Å². The molecular formula is C16H20N2OS. The number of carbonyl (C=O) groups excluding carboxylic acids is 1. The van der Waals surface area contributed by atoms with Crippen LogP contribution in [0.15, 0.2) is 24.3 Å². The molecule has 2 fully saturated rings. The molecule has 1 heterocycles. The van der Waals surface area contributed by atoms with E-state index in [-0.39, 0.29) is 5.91 Å². The monoisotopic (exact) mass is 288 g/mol. The molecule has 1 amide bonds. The van der Waals surface area contributed by atoms with E-state index in [1.54, 1.807) is 0 Å². The van der Waals surface area contributed by atoms with Gasteiger partial charge in [-0.25, -0.2) is 0 Å². The Balaban J connectivity index is 1.33. The van der Waals surface area contributed by atoms with Gasteiger partial charge in [-0.15, -0.1) is 0 Å². The van der Waals surface area contributed by atoms with Gasteiger partial charge < -0.3 is 10.6 Å². The number of hydrogen-bond donors (Lipinski definition) is 2. The molecule has 1 aromatic carbocycles. The van der Waals surface area contributed by atoms with Crippen LogP contribution in [0.4, 0.5) is 0 Å². The molecule has 4 rings (SSSR count). The minimum Gasteiger partial charge on any atom is -0.352 e. The molecule has 2 N–H and O–H groups in total. The smallest absolute Gasteiger partial charge is 0.221 e. The van der Waals surface area contributed by atoms with E-state index in [9.17, 15) is 4.79 Å². The van der Waals surface area contributed by atoms with Gasteiger partial charge >= 0.3 is 0 Å². The second-order valence-electron chi connectivity index (χ2n) is 6.12. The summed E-state index contributed by atoms with van der Waals surface area (Å²) in [7, 11) is 0. The molecule has 0 radical (unpaired) electrons. The van der Waals surface area contributed by atoms with Crippen molar-refractivity contribution in [1.29, 1.82) is 0 Å². The van der Waals surface area contributed by atoms with E-state index >= 15 is 0 Å². The molecule has 3 aliphatic rings. The molecule has 1 aromatic rings. The number of nitrogens with one attached hydrogen (secondary N) is 2. The molecule has 3 nitrogen and oxygen atoms in total. The van der Waals surface area contributed by atoms with Crippen molar-refractivity contribution in [2.45, 2.75) is 30.8 Å². The van der Waals surface area contributed by atoms with Crippen LogP contribution in [-0.2, 0) is 11.2 Å². The summed E-state index contributed by atoms with van der Waals surface area (Å²) in [6.45, 7) is 1.03. The molecule has 2 aliphatic carbocycles. The lowest BCUT2D eigenvalue weighted by atomic mass is 10.1. The van der Waals surface area contributed by atoms with Gasteiger partial charge in [0.25, 0.3) is 0 Å². The van der Waals surface area contributed by atoms with Crippen molar-refractivity contribution in [1.82, 2.24) is 10.6 Å². The summed E-state index contributed by atoms with van der Waals surface area (Å²) < 4.78 is 0. The number of rotatable bonds is 3.